The summed E-state index contributed by atoms with van der Waals surface area (Å²) in [6.07, 6.45) is 5.04. The van der Waals surface area contributed by atoms with Crippen LogP contribution < -0.4 is 10.1 Å². The summed E-state index contributed by atoms with van der Waals surface area (Å²) in [5, 5.41) is 12.5. The van der Waals surface area contributed by atoms with Crippen LogP contribution in [-0.2, 0) is 28.9 Å². The van der Waals surface area contributed by atoms with Crippen molar-refractivity contribution in [1.29, 1.82) is 0 Å². The zero-order valence-corrected chi connectivity index (χ0v) is 21.7. The summed E-state index contributed by atoms with van der Waals surface area (Å²) in [4.78, 5) is 26.4. The maximum absolute atomic E-state index is 13.2. The first-order chi connectivity index (χ1) is 17.4. The Kier molecular flexibility index (Phi) is 8.42. The van der Waals surface area contributed by atoms with E-state index in [4.69, 9.17) is 9.47 Å². The predicted molar refractivity (Wildman–Crippen MR) is 137 cm³/mol. The molecule has 1 aliphatic carbocycles. The van der Waals surface area contributed by atoms with Gasteiger partial charge in [-0.05, 0) is 62.4 Å². The number of aromatic nitrogens is 3. The number of hydrogen-bond donors (Lipinski definition) is 1. The third kappa shape index (κ3) is 5.79. The first-order valence-corrected chi connectivity index (χ1v) is 13.3. The van der Waals surface area contributed by atoms with Gasteiger partial charge in [0.05, 0.1) is 18.4 Å². The standard InChI is InChI=1S/C25H27FN4O4S2/c1-4-13-30-22(15(2)34-17-11-9-16(26)10-12-17)28-29-25(30)35-14-20(31)27-23-21(24(32)33-3)18-7-5-6-8-19(18)36-23/h4,9-12,15H,1,5-8,13-14H2,2-3H3,(H,27,31). The van der Waals surface area contributed by atoms with E-state index in [0.717, 1.165) is 36.1 Å². The topological polar surface area (TPSA) is 95.3 Å². The van der Waals surface area contributed by atoms with Crippen molar-refractivity contribution >= 4 is 40.0 Å². The Hall–Kier alpha value is -3.18. The van der Waals surface area contributed by atoms with Gasteiger partial charge in [0.15, 0.2) is 17.1 Å². The van der Waals surface area contributed by atoms with Crippen molar-refractivity contribution in [3.8, 4) is 5.75 Å². The van der Waals surface area contributed by atoms with Crippen LogP contribution in [0.2, 0.25) is 0 Å². The largest absolute Gasteiger partial charge is 0.483 e. The number of hydrogen-bond acceptors (Lipinski definition) is 8. The minimum absolute atomic E-state index is 0.0751. The van der Waals surface area contributed by atoms with Gasteiger partial charge < -0.3 is 14.8 Å². The van der Waals surface area contributed by atoms with Crippen molar-refractivity contribution in [1.82, 2.24) is 14.8 Å². The highest BCUT2D eigenvalue weighted by molar-refractivity contribution is 7.99. The van der Waals surface area contributed by atoms with Crippen LogP contribution in [0, 0.1) is 5.82 Å². The second-order valence-corrected chi connectivity index (χ2v) is 10.2. The van der Waals surface area contributed by atoms with Gasteiger partial charge in [0.1, 0.15) is 16.6 Å². The number of thioether (sulfide) groups is 1. The predicted octanol–water partition coefficient (Wildman–Crippen LogP) is 5.20. The van der Waals surface area contributed by atoms with Crippen LogP contribution in [0.25, 0.3) is 0 Å². The Morgan fingerprint density at radius 1 is 1.28 bits per heavy atom. The van der Waals surface area contributed by atoms with Gasteiger partial charge in [0.2, 0.25) is 5.91 Å². The molecule has 3 aromatic rings. The monoisotopic (exact) mass is 530 g/mol. The number of nitrogens with zero attached hydrogens (tertiary/aromatic N) is 3. The van der Waals surface area contributed by atoms with Gasteiger partial charge in [-0.25, -0.2) is 9.18 Å². The molecule has 11 heteroatoms. The fourth-order valence-electron chi connectivity index (χ4n) is 4.04. The summed E-state index contributed by atoms with van der Waals surface area (Å²) in [7, 11) is 1.35. The molecule has 1 aromatic carbocycles. The Morgan fingerprint density at radius 2 is 2.03 bits per heavy atom. The SMILES string of the molecule is C=CCn1c(SCC(=O)Nc2sc3c(c2C(=O)OC)CCCC3)nnc1C(C)Oc1ccc(F)cc1. The molecule has 0 fully saturated rings. The number of aryl methyl sites for hydroxylation is 1. The van der Waals surface area contributed by atoms with E-state index in [9.17, 15) is 14.0 Å². The molecule has 0 spiro atoms. The molecule has 0 bridgehead atoms. The smallest absolute Gasteiger partial charge is 0.341 e. The number of nitrogens with one attached hydrogen (secondary N) is 1. The summed E-state index contributed by atoms with van der Waals surface area (Å²) in [6, 6.07) is 5.74. The summed E-state index contributed by atoms with van der Waals surface area (Å²) >= 11 is 2.68. The van der Waals surface area contributed by atoms with Crippen molar-refractivity contribution in [3.05, 3.63) is 64.6 Å². The second kappa shape index (κ2) is 11.7. The van der Waals surface area contributed by atoms with Crippen LogP contribution in [0.4, 0.5) is 9.39 Å². The number of methoxy groups -OCH3 is 1. The third-order valence-electron chi connectivity index (χ3n) is 5.69. The summed E-state index contributed by atoms with van der Waals surface area (Å²) in [6.45, 7) is 6.04. The second-order valence-electron chi connectivity index (χ2n) is 8.20. The molecule has 4 rings (SSSR count). The normalized spacial score (nSPS) is 13.5. The quantitative estimate of drug-likeness (QED) is 0.219. The van der Waals surface area contributed by atoms with Gasteiger partial charge in [-0.3, -0.25) is 9.36 Å². The highest BCUT2D eigenvalue weighted by atomic mass is 32.2. The molecular weight excluding hydrogens is 503 g/mol. The summed E-state index contributed by atoms with van der Waals surface area (Å²) in [5.74, 6) is 0.109. The average Bonchev–Trinajstić information content (AvgIpc) is 3.44. The molecule has 0 saturated heterocycles. The molecule has 190 valence electrons. The average molecular weight is 531 g/mol. The molecule has 1 atom stereocenters. The number of rotatable bonds is 10. The highest BCUT2D eigenvalue weighted by Crippen LogP contribution is 2.38. The van der Waals surface area contributed by atoms with Crippen molar-refractivity contribution in [2.45, 2.75) is 50.4 Å². The van der Waals surface area contributed by atoms with E-state index in [1.807, 2.05) is 11.5 Å². The number of esters is 1. The van der Waals surface area contributed by atoms with Crippen LogP contribution in [-0.4, -0.2) is 39.5 Å². The van der Waals surface area contributed by atoms with Gasteiger partial charge in [-0.1, -0.05) is 17.8 Å². The molecule has 0 saturated carbocycles. The number of thiophene rings is 1. The number of fused-ring (bicyclic) bond motifs is 1. The number of anilines is 1. The molecule has 2 heterocycles. The van der Waals surface area contributed by atoms with E-state index in [-0.39, 0.29) is 17.5 Å². The zero-order valence-electron chi connectivity index (χ0n) is 20.1. The van der Waals surface area contributed by atoms with Crippen LogP contribution in [0.15, 0.2) is 42.1 Å². The van der Waals surface area contributed by atoms with E-state index < -0.39 is 12.1 Å². The molecule has 0 aliphatic heterocycles. The number of ether oxygens (including phenoxy) is 2. The lowest BCUT2D eigenvalue weighted by atomic mass is 9.95. The maximum atomic E-state index is 13.2. The molecule has 8 nitrogen and oxygen atoms in total. The molecule has 1 unspecified atom stereocenters. The molecule has 1 amide bonds. The van der Waals surface area contributed by atoms with Crippen molar-refractivity contribution in [3.63, 3.8) is 0 Å². The first-order valence-electron chi connectivity index (χ1n) is 11.5. The number of allylic oxidation sites excluding steroid dienone is 1. The molecular formula is C25H27FN4O4S2. The van der Waals surface area contributed by atoms with Gasteiger partial charge >= 0.3 is 5.97 Å². The first kappa shape index (κ1) is 25.9. The van der Waals surface area contributed by atoms with Crippen LogP contribution in [0.1, 0.15) is 52.5 Å². The Labute approximate surface area is 216 Å². The van der Waals surface area contributed by atoms with Crippen LogP contribution >= 0.6 is 23.1 Å². The molecule has 1 aliphatic rings. The zero-order chi connectivity index (χ0) is 25.7. The number of benzene rings is 1. The number of carbonyl (C=O) groups excluding carboxylic acids is 2. The minimum Gasteiger partial charge on any atom is -0.483 e. The fraction of sp³-hybridized carbons (Fsp3) is 0.360. The van der Waals surface area contributed by atoms with Gasteiger partial charge in [0.25, 0.3) is 0 Å². The van der Waals surface area contributed by atoms with E-state index in [0.29, 0.717) is 33.8 Å². The lowest BCUT2D eigenvalue weighted by Gasteiger charge is -2.15. The third-order valence-corrected chi connectivity index (χ3v) is 7.87. The molecule has 0 radical (unpaired) electrons. The van der Waals surface area contributed by atoms with Crippen LogP contribution in [0.3, 0.4) is 0 Å². The van der Waals surface area contributed by atoms with Crippen molar-refractivity contribution in [2.24, 2.45) is 0 Å². The number of halogens is 1. The highest BCUT2D eigenvalue weighted by Gasteiger charge is 2.27. The maximum Gasteiger partial charge on any atom is 0.341 e. The fourth-order valence-corrected chi connectivity index (χ4v) is 6.09. The number of carbonyl (C=O) groups is 2. The lowest BCUT2D eigenvalue weighted by molar-refractivity contribution is -0.113. The van der Waals surface area contributed by atoms with E-state index in [2.05, 4.69) is 22.1 Å². The van der Waals surface area contributed by atoms with Gasteiger partial charge in [-0.15, -0.1) is 28.1 Å². The Bertz CT molecular complexity index is 1260. The van der Waals surface area contributed by atoms with E-state index >= 15 is 0 Å². The van der Waals surface area contributed by atoms with E-state index in [1.54, 1.807) is 18.2 Å². The molecule has 36 heavy (non-hydrogen) atoms. The summed E-state index contributed by atoms with van der Waals surface area (Å²) < 4.78 is 25.9. The Morgan fingerprint density at radius 3 is 2.75 bits per heavy atom. The molecule has 1 N–H and O–H groups in total. The van der Waals surface area contributed by atoms with Crippen molar-refractivity contribution < 1.29 is 23.5 Å². The van der Waals surface area contributed by atoms with Gasteiger partial charge in [0, 0.05) is 11.4 Å². The van der Waals surface area contributed by atoms with E-state index in [1.165, 1.54) is 42.3 Å². The summed E-state index contributed by atoms with van der Waals surface area (Å²) in [5.41, 5.74) is 1.46. The van der Waals surface area contributed by atoms with Crippen molar-refractivity contribution in [2.75, 3.05) is 18.2 Å². The van der Waals surface area contributed by atoms with Crippen LogP contribution in [0.5, 0.6) is 5.75 Å². The van der Waals surface area contributed by atoms with Gasteiger partial charge in [-0.2, -0.15) is 0 Å². The lowest BCUT2D eigenvalue weighted by Crippen LogP contribution is -2.17. The minimum atomic E-state index is -0.467. The number of amides is 1. The Balaban J connectivity index is 1.45. The molecule has 2 aromatic heterocycles.